The number of ether oxygens (including phenoxy) is 2. The van der Waals surface area contributed by atoms with Crippen molar-refractivity contribution in [2.75, 3.05) is 32.9 Å². The van der Waals surface area contributed by atoms with E-state index in [1.807, 2.05) is 4.98 Å². The summed E-state index contributed by atoms with van der Waals surface area (Å²) in [5.74, 6) is 0.363. The van der Waals surface area contributed by atoms with Gasteiger partial charge < -0.3 is 19.4 Å². The number of amides is 1. The fourth-order valence-corrected chi connectivity index (χ4v) is 2.70. The van der Waals surface area contributed by atoms with Crippen LogP contribution in [0.5, 0.6) is 5.75 Å². The van der Waals surface area contributed by atoms with E-state index in [4.69, 9.17) is 9.47 Å². The number of nitrogens with zero attached hydrogens (tertiary/aromatic N) is 2. The zero-order valence-corrected chi connectivity index (χ0v) is 15.3. The SMILES string of the molecule is O=C(COc1ccc(/C=C/c2[nH]c(=O)[nH]c(=O)c2[N+](=O)[O-])cc1)N1CCOCC1. The molecule has 1 aliphatic rings. The van der Waals surface area contributed by atoms with Crippen LogP contribution in [0.1, 0.15) is 11.3 Å². The number of rotatable bonds is 6. The summed E-state index contributed by atoms with van der Waals surface area (Å²) in [5, 5.41) is 11.0. The van der Waals surface area contributed by atoms with Crippen LogP contribution in [0.15, 0.2) is 33.9 Å². The van der Waals surface area contributed by atoms with Crippen LogP contribution >= 0.6 is 0 Å². The van der Waals surface area contributed by atoms with Gasteiger partial charge in [0.05, 0.1) is 18.1 Å². The molecule has 0 atom stereocenters. The molecule has 2 heterocycles. The Labute approximate surface area is 163 Å². The number of hydrogen-bond donors (Lipinski definition) is 2. The van der Waals surface area contributed by atoms with Crippen molar-refractivity contribution in [1.29, 1.82) is 0 Å². The Bertz CT molecular complexity index is 1030. The van der Waals surface area contributed by atoms with Crippen molar-refractivity contribution in [3.63, 3.8) is 0 Å². The molecule has 0 unspecified atom stereocenters. The molecular formula is C18H18N4O7. The van der Waals surface area contributed by atoms with Gasteiger partial charge in [0.2, 0.25) is 0 Å². The van der Waals surface area contributed by atoms with Crippen LogP contribution in [-0.2, 0) is 9.53 Å². The summed E-state index contributed by atoms with van der Waals surface area (Å²) in [4.78, 5) is 50.9. The molecule has 3 rings (SSSR count). The lowest BCUT2D eigenvalue weighted by atomic mass is 10.2. The van der Waals surface area contributed by atoms with Crippen LogP contribution in [0.4, 0.5) is 5.69 Å². The maximum absolute atomic E-state index is 12.1. The van der Waals surface area contributed by atoms with Crippen molar-refractivity contribution in [2.24, 2.45) is 0 Å². The molecule has 152 valence electrons. The van der Waals surface area contributed by atoms with Gasteiger partial charge in [-0.2, -0.15) is 0 Å². The van der Waals surface area contributed by atoms with E-state index < -0.39 is 21.9 Å². The average molecular weight is 402 g/mol. The third-order valence-electron chi connectivity index (χ3n) is 4.18. The van der Waals surface area contributed by atoms with Crippen LogP contribution in [0.2, 0.25) is 0 Å². The number of aromatic nitrogens is 2. The van der Waals surface area contributed by atoms with E-state index in [0.29, 0.717) is 37.6 Å². The Kier molecular flexibility index (Phi) is 6.19. The van der Waals surface area contributed by atoms with Gasteiger partial charge >= 0.3 is 16.9 Å². The minimum Gasteiger partial charge on any atom is -0.484 e. The van der Waals surface area contributed by atoms with Crippen LogP contribution in [-0.4, -0.2) is 58.6 Å². The minimum absolute atomic E-state index is 0.0879. The molecule has 1 saturated heterocycles. The maximum Gasteiger partial charge on any atom is 0.357 e. The van der Waals surface area contributed by atoms with Gasteiger partial charge in [0.15, 0.2) is 6.61 Å². The molecule has 0 radical (unpaired) electrons. The number of benzene rings is 1. The summed E-state index contributed by atoms with van der Waals surface area (Å²) in [7, 11) is 0. The molecular weight excluding hydrogens is 384 g/mol. The molecule has 0 spiro atoms. The smallest absolute Gasteiger partial charge is 0.357 e. The first-order valence-corrected chi connectivity index (χ1v) is 8.71. The molecule has 2 N–H and O–H groups in total. The first-order valence-electron chi connectivity index (χ1n) is 8.71. The highest BCUT2D eigenvalue weighted by molar-refractivity contribution is 5.78. The molecule has 1 aromatic carbocycles. The molecule has 1 amide bonds. The second kappa shape index (κ2) is 8.97. The summed E-state index contributed by atoms with van der Waals surface area (Å²) >= 11 is 0. The zero-order valence-electron chi connectivity index (χ0n) is 15.3. The first-order chi connectivity index (χ1) is 13.9. The lowest BCUT2D eigenvalue weighted by Gasteiger charge is -2.26. The zero-order chi connectivity index (χ0) is 20.8. The van der Waals surface area contributed by atoms with Gasteiger partial charge in [0.1, 0.15) is 11.4 Å². The van der Waals surface area contributed by atoms with E-state index in [-0.39, 0.29) is 18.2 Å². The van der Waals surface area contributed by atoms with Crippen molar-refractivity contribution >= 4 is 23.7 Å². The Morgan fingerprint density at radius 3 is 2.52 bits per heavy atom. The highest BCUT2D eigenvalue weighted by atomic mass is 16.6. The van der Waals surface area contributed by atoms with Crippen LogP contribution in [0.3, 0.4) is 0 Å². The van der Waals surface area contributed by atoms with E-state index in [9.17, 15) is 24.5 Å². The highest BCUT2D eigenvalue weighted by Crippen LogP contribution is 2.16. The normalized spacial score (nSPS) is 14.1. The van der Waals surface area contributed by atoms with Crippen LogP contribution < -0.4 is 16.0 Å². The van der Waals surface area contributed by atoms with Crippen LogP contribution in [0.25, 0.3) is 12.2 Å². The molecule has 2 aromatic rings. The topological polar surface area (TPSA) is 148 Å². The maximum atomic E-state index is 12.1. The van der Waals surface area contributed by atoms with Gasteiger partial charge in [-0.1, -0.05) is 18.2 Å². The molecule has 11 heteroatoms. The second-order valence-electron chi connectivity index (χ2n) is 6.11. The predicted molar refractivity (Wildman–Crippen MR) is 103 cm³/mol. The summed E-state index contributed by atoms with van der Waals surface area (Å²) in [5.41, 5.74) is -2.23. The van der Waals surface area contributed by atoms with Gasteiger partial charge in [0, 0.05) is 13.1 Å². The molecule has 1 aliphatic heterocycles. The molecule has 29 heavy (non-hydrogen) atoms. The average Bonchev–Trinajstić information content (AvgIpc) is 2.71. The quantitative estimate of drug-likeness (QED) is 0.524. The second-order valence-corrected chi connectivity index (χ2v) is 6.11. The Hall–Kier alpha value is -3.73. The number of aromatic amines is 2. The Morgan fingerprint density at radius 2 is 1.86 bits per heavy atom. The van der Waals surface area contributed by atoms with E-state index in [2.05, 4.69) is 4.98 Å². The van der Waals surface area contributed by atoms with Gasteiger partial charge in [0.25, 0.3) is 5.91 Å². The van der Waals surface area contributed by atoms with Crippen molar-refractivity contribution in [1.82, 2.24) is 14.9 Å². The third kappa shape index (κ3) is 5.17. The van der Waals surface area contributed by atoms with Crippen molar-refractivity contribution in [3.8, 4) is 5.75 Å². The van der Waals surface area contributed by atoms with Gasteiger partial charge in [-0.25, -0.2) is 4.79 Å². The summed E-state index contributed by atoms with van der Waals surface area (Å²) < 4.78 is 10.7. The third-order valence-corrected chi connectivity index (χ3v) is 4.18. The van der Waals surface area contributed by atoms with E-state index >= 15 is 0 Å². The Morgan fingerprint density at radius 1 is 1.17 bits per heavy atom. The Balaban J connectivity index is 1.65. The van der Waals surface area contributed by atoms with Crippen molar-refractivity contribution in [2.45, 2.75) is 0 Å². The fraction of sp³-hybridized carbons (Fsp3) is 0.278. The monoisotopic (exact) mass is 402 g/mol. The summed E-state index contributed by atoms with van der Waals surface area (Å²) in [6, 6.07) is 6.62. The van der Waals surface area contributed by atoms with E-state index in [1.165, 1.54) is 12.2 Å². The van der Waals surface area contributed by atoms with Gasteiger partial charge in [-0.15, -0.1) is 0 Å². The summed E-state index contributed by atoms with van der Waals surface area (Å²) in [6.45, 7) is 2.04. The highest BCUT2D eigenvalue weighted by Gasteiger charge is 2.19. The molecule has 0 saturated carbocycles. The van der Waals surface area contributed by atoms with Crippen LogP contribution in [0, 0.1) is 10.1 Å². The predicted octanol–water partition coefficient (Wildman–Crippen LogP) is 0.379. The van der Waals surface area contributed by atoms with E-state index in [1.54, 1.807) is 29.2 Å². The molecule has 0 aliphatic carbocycles. The first kappa shape index (κ1) is 20.0. The lowest BCUT2D eigenvalue weighted by Crippen LogP contribution is -2.42. The largest absolute Gasteiger partial charge is 0.484 e. The molecule has 1 fully saturated rings. The fourth-order valence-electron chi connectivity index (χ4n) is 2.70. The van der Waals surface area contributed by atoms with E-state index in [0.717, 1.165) is 0 Å². The number of nitro groups is 1. The van der Waals surface area contributed by atoms with Gasteiger partial charge in [-0.05, 0) is 23.8 Å². The standard InChI is InChI=1S/C18H18N4O7/c23-15(21-7-9-28-10-8-21)11-29-13-4-1-12(2-5-13)3-6-14-16(22(26)27)17(24)20-18(25)19-14/h1-6H,7-11H2,(H2,19,20,24,25)/b6-3+. The number of carbonyl (C=O) groups excluding carboxylic acids is 1. The number of nitrogens with one attached hydrogen (secondary N) is 2. The summed E-state index contributed by atoms with van der Waals surface area (Å²) in [6.07, 6.45) is 2.77. The minimum atomic E-state index is -1.08. The van der Waals surface area contributed by atoms with Gasteiger partial charge in [-0.3, -0.25) is 24.7 Å². The lowest BCUT2D eigenvalue weighted by molar-refractivity contribution is -0.386. The van der Waals surface area contributed by atoms with Crippen molar-refractivity contribution < 1.29 is 19.2 Å². The van der Waals surface area contributed by atoms with Crippen molar-refractivity contribution in [3.05, 3.63) is 66.5 Å². The number of carbonyl (C=O) groups is 1. The molecule has 11 nitrogen and oxygen atoms in total. The number of morpholine rings is 1. The number of H-pyrrole nitrogens is 2. The molecule has 0 bridgehead atoms. The number of hydrogen-bond acceptors (Lipinski definition) is 7. The molecule has 1 aromatic heterocycles.